The van der Waals surface area contributed by atoms with Crippen LogP contribution in [0.5, 0.6) is 0 Å². The minimum Gasteiger partial charge on any atom is -0.309 e. The summed E-state index contributed by atoms with van der Waals surface area (Å²) >= 11 is 1.88. The standard InChI is InChI=1S/C42H25NS/c1-2-11-31-29(9-1)30-10-3-4-12-32(30)36-25-27(19-22-33(31)36)26-17-20-28(21-18-26)43-37-15-7-5-13-34(37)41-38(43)23-24-40-42(41)35-14-6-8-16-39(35)44-40/h1-25H. The quantitative estimate of drug-likeness (QED) is 0.181. The predicted octanol–water partition coefficient (Wildman–Crippen LogP) is 12.3. The maximum atomic E-state index is 2.43. The van der Waals surface area contributed by atoms with Gasteiger partial charge in [-0.05, 0) is 85.9 Å². The molecule has 10 aromatic rings. The summed E-state index contributed by atoms with van der Waals surface area (Å²) in [6, 6.07) is 55.9. The van der Waals surface area contributed by atoms with Gasteiger partial charge in [0.25, 0.3) is 0 Å². The predicted molar refractivity (Wildman–Crippen MR) is 192 cm³/mol. The molecule has 2 heteroatoms. The van der Waals surface area contributed by atoms with E-state index in [1.807, 2.05) is 11.3 Å². The van der Waals surface area contributed by atoms with Gasteiger partial charge in [0.05, 0.1) is 11.0 Å². The van der Waals surface area contributed by atoms with Crippen molar-refractivity contribution < 1.29 is 0 Å². The van der Waals surface area contributed by atoms with Gasteiger partial charge in [0.2, 0.25) is 0 Å². The molecule has 0 fully saturated rings. The molecule has 1 nitrogen and oxygen atoms in total. The van der Waals surface area contributed by atoms with E-state index in [2.05, 4.69) is 156 Å². The Bertz CT molecular complexity index is 2720. The van der Waals surface area contributed by atoms with Crippen molar-refractivity contribution in [3.63, 3.8) is 0 Å². The Kier molecular flexibility index (Phi) is 4.94. The fourth-order valence-electron chi connectivity index (χ4n) is 7.44. The monoisotopic (exact) mass is 575 g/mol. The second kappa shape index (κ2) is 9.03. The first-order valence-corrected chi connectivity index (χ1v) is 15.9. The number of hydrogen-bond donors (Lipinski definition) is 0. The van der Waals surface area contributed by atoms with Gasteiger partial charge in [0.1, 0.15) is 0 Å². The lowest BCUT2D eigenvalue weighted by molar-refractivity contribution is 1.18. The van der Waals surface area contributed by atoms with Crippen LogP contribution in [0, 0.1) is 0 Å². The third-order valence-corrected chi connectivity index (χ3v) is 10.5. The van der Waals surface area contributed by atoms with Crippen LogP contribution < -0.4 is 0 Å². The van der Waals surface area contributed by atoms with Crippen molar-refractivity contribution in [2.75, 3.05) is 0 Å². The summed E-state index contributed by atoms with van der Waals surface area (Å²) in [6.45, 7) is 0. The SMILES string of the molecule is c1ccc2c(c1)sc1ccc3c(c4ccccc4n3-c3ccc(-c4ccc5c6ccccc6c6ccccc6c5c4)cc3)c12. The molecule has 0 spiro atoms. The first-order chi connectivity index (χ1) is 21.8. The zero-order valence-electron chi connectivity index (χ0n) is 23.8. The summed E-state index contributed by atoms with van der Waals surface area (Å²) in [5.41, 5.74) is 6.12. The normalized spacial score (nSPS) is 12.1. The van der Waals surface area contributed by atoms with Crippen molar-refractivity contribution in [2.24, 2.45) is 0 Å². The molecule has 0 bridgehead atoms. The van der Waals surface area contributed by atoms with Gasteiger partial charge in [0, 0.05) is 36.6 Å². The van der Waals surface area contributed by atoms with E-state index >= 15 is 0 Å². The molecule has 2 aromatic heterocycles. The Morgan fingerprint density at radius 1 is 0.341 bits per heavy atom. The van der Waals surface area contributed by atoms with E-state index in [-0.39, 0.29) is 0 Å². The zero-order chi connectivity index (χ0) is 28.8. The van der Waals surface area contributed by atoms with Crippen LogP contribution in [-0.2, 0) is 0 Å². The molecule has 2 heterocycles. The topological polar surface area (TPSA) is 4.93 Å². The third kappa shape index (κ3) is 3.29. The molecule has 0 radical (unpaired) electrons. The number of aromatic nitrogens is 1. The zero-order valence-corrected chi connectivity index (χ0v) is 24.6. The molecule has 44 heavy (non-hydrogen) atoms. The number of hydrogen-bond acceptors (Lipinski definition) is 1. The molecule has 0 saturated carbocycles. The Hall–Kier alpha value is -5.44. The van der Waals surface area contributed by atoms with Crippen molar-refractivity contribution in [1.82, 2.24) is 4.57 Å². The molecule has 0 aliphatic heterocycles. The lowest BCUT2D eigenvalue weighted by atomic mass is 9.92. The highest BCUT2D eigenvalue weighted by molar-refractivity contribution is 7.26. The summed E-state index contributed by atoms with van der Waals surface area (Å²) in [5.74, 6) is 0. The summed E-state index contributed by atoms with van der Waals surface area (Å²) in [4.78, 5) is 0. The fraction of sp³-hybridized carbons (Fsp3) is 0. The summed E-state index contributed by atoms with van der Waals surface area (Å²) < 4.78 is 5.11. The first kappa shape index (κ1) is 24.0. The summed E-state index contributed by atoms with van der Waals surface area (Å²) in [7, 11) is 0. The third-order valence-electron chi connectivity index (χ3n) is 9.38. The molecule has 0 N–H and O–H groups in total. The van der Waals surface area contributed by atoms with Crippen LogP contribution in [0.15, 0.2) is 152 Å². The highest BCUT2D eigenvalue weighted by Gasteiger charge is 2.17. The molecular weight excluding hydrogens is 551 g/mol. The van der Waals surface area contributed by atoms with Crippen LogP contribution in [-0.4, -0.2) is 4.57 Å². The number of para-hydroxylation sites is 1. The lowest BCUT2D eigenvalue weighted by Gasteiger charge is -2.13. The number of nitrogens with zero attached hydrogens (tertiary/aromatic N) is 1. The molecule has 0 saturated heterocycles. The van der Waals surface area contributed by atoms with E-state index in [0.29, 0.717) is 0 Å². The fourth-order valence-corrected chi connectivity index (χ4v) is 8.56. The van der Waals surface area contributed by atoms with E-state index in [0.717, 1.165) is 0 Å². The number of fused-ring (bicyclic) bond motifs is 13. The van der Waals surface area contributed by atoms with Gasteiger partial charge >= 0.3 is 0 Å². The largest absolute Gasteiger partial charge is 0.309 e. The van der Waals surface area contributed by atoms with E-state index in [9.17, 15) is 0 Å². The van der Waals surface area contributed by atoms with Gasteiger partial charge < -0.3 is 4.57 Å². The molecular formula is C42H25NS. The van der Waals surface area contributed by atoms with E-state index in [4.69, 9.17) is 0 Å². The van der Waals surface area contributed by atoms with Crippen molar-refractivity contribution >= 4 is 85.6 Å². The molecule has 0 unspecified atom stereocenters. The average Bonchev–Trinajstić information content (AvgIpc) is 3.64. The Morgan fingerprint density at radius 3 is 1.64 bits per heavy atom. The maximum absolute atomic E-state index is 2.43. The molecule has 10 rings (SSSR count). The van der Waals surface area contributed by atoms with E-state index in [1.165, 1.54) is 91.1 Å². The number of benzene rings is 8. The second-order valence-electron chi connectivity index (χ2n) is 11.7. The van der Waals surface area contributed by atoms with Crippen LogP contribution in [0.2, 0.25) is 0 Å². The highest BCUT2D eigenvalue weighted by Crippen LogP contribution is 2.43. The van der Waals surface area contributed by atoms with Crippen molar-refractivity contribution in [3.8, 4) is 16.8 Å². The van der Waals surface area contributed by atoms with Crippen LogP contribution in [0.3, 0.4) is 0 Å². The van der Waals surface area contributed by atoms with Gasteiger partial charge in [-0.3, -0.25) is 0 Å². The first-order valence-electron chi connectivity index (χ1n) is 15.1. The molecule has 0 amide bonds. The molecule has 0 atom stereocenters. The van der Waals surface area contributed by atoms with Gasteiger partial charge in [-0.1, -0.05) is 109 Å². The van der Waals surface area contributed by atoms with E-state index < -0.39 is 0 Å². The van der Waals surface area contributed by atoms with Crippen LogP contribution in [0.4, 0.5) is 0 Å². The van der Waals surface area contributed by atoms with Gasteiger partial charge in [-0.2, -0.15) is 0 Å². The van der Waals surface area contributed by atoms with Crippen molar-refractivity contribution in [1.29, 1.82) is 0 Å². The van der Waals surface area contributed by atoms with Crippen molar-refractivity contribution in [2.45, 2.75) is 0 Å². The smallest absolute Gasteiger partial charge is 0.0548 e. The number of thiophene rings is 1. The maximum Gasteiger partial charge on any atom is 0.0548 e. The van der Waals surface area contributed by atoms with Gasteiger partial charge in [0.15, 0.2) is 0 Å². The summed E-state index contributed by atoms with van der Waals surface area (Å²) in [6.07, 6.45) is 0. The number of rotatable bonds is 2. The van der Waals surface area contributed by atoms with Gasteiger partial charge in [-0.25, -0.2) is 0 Å². The minimum absolute atomic E-state index is 1.18. The second-order valence-corrected chi connectivity index (χ2v) is 12.8. The molecule has 0 aliphatic carbocycles. The highest BCUT2D eigenvalue weighted by atomic mass is 32.1. The van der Waals surface area contributed by atoms with Crippen molar-refractivity contribution in [3.05, 3.63) is 152 Å². The Morgan fingerprint density at radius 2 is 0.909 bits per heavy atom. The minimum atomic E-state index is 1.18. The van der Waals surface area contributed by atoms with Crippen LogP contribution in [0.1, 0.15) is 0 Å². The molecule has 0 aliphatic rings. The lowest BCUT2D eigenvalue weighted by Crippen LogP contribution is -1.93. The Labute approximate surface area is 257 Å². The molecule has 8 aromatic carbocycles. The van der Waals surface area contributed by atoms with Gasteiger partial charge in [-0.15, -0.1) is 11.3 Å². The van der Waals surface area contributed by atoms with Crippen LogP contribution in [0.25, 0.3) is 91.1 Å². The summed E-state index contributed by atoms with van der Waals surface area (Å²) in [5, 5.41) is 13.2. The van der Waals surface area contributed by atoms with Crippen LogP contribution >= 0.6 is 11.3 Å². The van der Waals surface area contributed by atoms with E-state index in [1.54, 1.807) is 0 Å². The molecule has 204 valence electrons. The Balaban J connectivity index is 1.17. The average molecular weight is 576 g/mol.